The second-order valence-corrected chi connectivity index (χ2v) is 5.56. The molecule has 1 aromatic rings. The van der Waals surface area contributed by atoms with Crippen LogP contribution in [0.5, 0.6) is 0 Å². The summed E-state index contributed by atoms with van der Waals surface area (Å²) < 4.78 is 0. The van der Waals surface area contributed by atoms with E-state index in [4.69, 9.17) is 0 Å². The summed E-state index contributed by atoms with van der Waals surface area (Å²) in [5.74, 6) is 1.30. The lowest BCUT2D eigenvalue weighted by Gasteiger charge is -2.22. The first kappa shape index (κ1) is 13.3. The molecule has 0 radical (unpaired) electrons. The second kappa shape index (κ2) is 5.65. The van der Waals surface area contributed by atoms with Crippen molar-refractivity contribution in [2.75, 3.05) is 25.0 Å². The van der Waals surface area contributed by atoms with Crippen molar-refractivity contribution in [1.29, 1.82) is 0 Å². The molecule has 18 heavy (non-hydrogen) atoms. The van der Waals surface area contributed by atoms with E-state index in [-0.39, 0.29) is 0 Å². The third-order valence-electron chi connectivity index (χ3n) is 3.45. The Morgan fingerprint density at radius 3 is 2.83 bits per heavy atom. The molecule has 1 atom stereocenters. The molecule has 0 aliphatic carbocycles. The molecule has 2 heterocycles. The van der Waals surface area contributed by atoms with Crippen molar-refractivity contribution in [2.45, 2.75) is 45.6 Å². The van der Waals surface area contributed by atoms with Gasteiger partial charge in [-0.25, -0.2) is 9.97 Å². The van der Waals surface area contributed by atoms with E-state index >= 15 is 0 Å². The van der Waals surface area contributed by atoms with Crippen LogP contribution in [-0.2, 0) is 0 Å². The Kier molecular flexibility index (Phi) is 4.17. The van der Waals surface area contributed by atoms with Gasteiger partial charge in [-0.05, 0) is 38.3 Å². The van der Waals surface area contributed by atoms with E-state index < -0.39 is 0 Å². The van der Waals surface area contributed by atoms with Gasteiger partial charge in [0.05, 0.1) is 0 Å². The lowest BCUT2D eigenvalue weighted by atomic mass is 10.1. The Labute approximate surface area is 110 Å². The molecule has 1 aliphatic rings. The standard InChI is InChI=1S/C14H24N4/c1-10(2)13-8-11(3)16-14(17-13)18(4)9-12-6-5-7-15-12/h8,10,12,15H,5-7,9H2,1-4H3. The van der Waals surface area contributed by atoms with E-state index in [1.807, 2.05) is 6.92 Å². The Morgan fingerprint density at radius 2 is 2.22 bits per heavy atom. The SMILES string of the molecule is Cc1cc(C(C)C)nc(N(C)CC2CCCN2)n1. The van der Waals surface area contributed by atoms with Crippen molar-refractivity contribution in [3.63, 3.8) is 0 Å². The first-order chi connectivity index (χ1) is 8.56. The molecule has 100 valence electrons. The van der Waals surface area contributed by atoms with Gasteiger partial charge in [0.1, 0.15) is 0 Å². The van der Waals surface area contributed by atoms with Crippen LogP contribution < -0.4 is 10.2 Å². The van der Waals surface area contributed by atoms with Crippen LogP contribution in [0.15, 0.2) is 6.07 Å². The minimum absolute atomic E-state index is 0.448. The molecule has 0 aromatic carbocycles. The van der Waals surface area contributed by atoms with E-state index in [9.17, 15) is 0 Å². The minimum atomic E-state index is 0.448. The van der Waals surface area contributed by atoms with Gasteiger partial charge < -0.3 is 10.2 Å². The largest absolute Gasteiger partial charge is 0.342 e. The van der Waals surface area contributed by atoms with Gasteiger partial charge in [0.2, 0.25) is 5.95 Å². The molecule has 0 bridgehead atoms. The number of rotatable bonds is 4. The number of hydrogen-bond donors (Lipinski definition) is 1. The predicted octanol–water partition coefficient (Wildman–Crippen LogP) is 2.10. The normalized spacial score (nSPS) is 19.5. The van der Waals surface area contributed by atoms with Gasteiger partial charge in [-0.2, -0.15) is 0 Å². The first-order valence-electron chi connectivity index (χ1n) is 6.86. The van der Waals surface area contributed by atoms with Crippen LogP contribution in [-0.4, -0.2) is 36.1 Å². The molecule has 4 heteroatoms. The van der Waals surface area contributed by atoms with Crippen LogP contribution in [0.25, 0.3) is 0 Å². The average Bonchev–Trinajstić information content (AvgIpc) is 2.80. The van der Waals surface area contributed by atoms with E-state index in [1.54, 1.807) is 0 Å². The highest BCUT2D eigenvalue weighted by atomic mass is 15.2. The maximum atomic E-state index is 4.66. The molecule has 2 rings (SSSR count). The van der Waals surface area contributed by atoms with Gasteiger partial charge in [-0.15, -0.1) is 0 Å². The number of nitrogens with one attached hydrogen (secondary N) is 1. The highest BCUT2D eigenvalue weighted by Crippen LogP contribution is 2.17. The van der Waals surface area contributed by atoms with Crippen molar-refractivity contribution in [1.82, 2.24) is 15.3 Å². The second-order valence-electron chi connectivity index (χ2n) is 5.56. The molecule has 4 nitrogen and oxygen atoms in total. The zero-order valence-electron chi connectivity index (χ0n) is 11.9. The Balaban J connectivity index is 2.10. The van der Waals surface area contributed by atoms with Crippen LogP contribution >= 0.6 is 0 Å². The molecule has 0 saturated carbocycles. The van der Waals surface area contributed by atoms with Crippen molar-refractivity contribution in [3.8, 4) is 0 Å². The zero-order valence-corrected chi connectivity index (χ0v) is 11.9. The fourth-order valence-electron chi connectivity index (χ4n) is 2.37. The van der Waals surface area contributed by atoms with Gasteiger partial charge in [0, 0.05) is 31.0 Å². The number of aromatic nitrogens is 2. The monoisotopic (exact) mass is 248 g/mol. The zero-order chi connectivity index (χ0) is 13.1. The lowest BCUT2D eigenvalue weighted by molar-refractivity contribution is 0.593. The fourth-order valence-corrected chi connectivity index (χ4v) is 2.37. The van der Waals surface area contributed by atoms with Crippen molar-refractivity contribution >= 4 is 5.95 Å². The summed E-state index contributed by atoms with van der Waals surface area (Å²) in [7, 11) is 2.08. The number of aryl methyl sites for hydroxylation is 1. The molecule has 1 unspecified atom stereocenters. The highest BCUT2D eigenvalue weighted by molar-refractivity contribution is 5.32. The number of anilines is 1. The molecular formula is C14H24N4. The number of likely N-dealkylation sites (N-methyl/N-ethyl adjacent to an activating group) is 1. The Morgan fingerprint density at radius 1 is 1.44 bits per heavy atom. The van der Waals surface area contributed by atoms with Crippen LogP contribution in [0.4, 0.5) is 5.95 Å². The summed E-state index contributed by atoms with van der Waals surface area (Å²) in [6.45, 7) is 8.51. The highest BCUT2D eigenvalue weighted by Gasteiger charge is 2.18. The summed E-state index contributed by atoms with van der Waals surface area (Å²) in [5.41, 5.74) is 2.18. The van der Waals surface area contributed by atoms with Crippen LogP contribution in [0.1, 0.15) is 44.0 Å². The van der Waals surface area contributed by atoms with Crippen LogP contribution in [0.3, 0.4) is 0 Å². The van der Waals surface area contributed by atoms with Gasteiger partial charge in [-0.3, -0.25) is 0 Å². The van der Waals surface area contributed by atoms with E-state index in [2.05, 4.69) is 47.1 Å². The fraction of sp³-hybridized carbons (Fsp3) is 0.714. The van der Waals surface area contributed by atoms with E-state index in [1.165, 1.54) is 12.8 Å². The van der Waals surface area contributed by atoms with Crippen molar-refractivity contribution < 1.29 is 0 Å². The third kappa shape index (κ3) is 3.19. The predicted molar refractivity (Wildman–Crippen MR) is 75.2 cm³/mol. The summed E-state index contributed by atoms with van der Waals surface area (Å²) in [4.78, 5) is 11.4. The summed E-state index contributed by atoms with van der Waals surface area (Å²) >= 11 is 0. The molecule has 1 aliphatic heterocycles. The topological polar surface area (TPSA) is 41.1 Å². The van der Waals surface area contributed by atoms with E-state index in [0.717, 1.165) is 30.4 Å². The maximum Gasteiger partial charge on any atom is 0.225 e. The van der Waals surface area contributed by atoms with Crippen molar-refractivity contribution in [2.24, 2.45) is 0 Å². The molecule has 0 spiro atoms. The van der Waals surface area contributed by atoms with Gasteiger partial charge in [0.25, 0.3) is 0 Å². The molecule has 1 saturated heterocycles. The van der Waals surface area contributed by atoms with Gasteiger partial charge in [0.15, 0.2) is 0 Å². The Bertz CT molecular complexity index is 397. The van der Waals surface area contributed by atoms with Crippen LogP contribution in [0.2, 0.25) is 0 Å². The van der Waals surface area contributed by atoms with E-state index in [0.29, 0.717) is 12.0 Å². The molecule has 1 aromatic heterocycles. The van der Waals surface area contributed by atoms with Crippen molar-refractivity contribution in [3.05, 3.63) is 17.5 Å². The minimum Gasteiger partial charge on any atom is -0.342 e. The molecule has 1 N–H and O–H groups in total. The number of hydrogen-bond acceptors (Lipinski definition) is 4. The molecule has 1 fully saturated rings. The quantitative estimate of drug-likeness (QED) is 0.886. The summed E-state index contributed by atoms with van der Waals surface area (Å²) in [5, 5.41) is 3.51. The van der Waals surface area contributed by atoms with Gasteiger partial charge in [-0.1, -0.05) is 13.8 Å². The molecular weight excluding hydrogens is 224 g/mol. The smallest absolute Gasteiger partial charge is 0.225 e. The van der Waals surface area contributed by atoms with Crippen LogP contribution in [0, 0.1) is 6.92 Å². The Hall–Kier alpha value is -1.16. The molecule has 0 amide bonds. The third-order valence-corrected chi connectivity index (χ3v) is 3.45. The average molecular weight is 248 g/mol. The summed E-state index contributed by atoms with van der Waals surface area (Å²) in [6.07, 6.45) is 2.54. The maximum absolute atomic E-state index is 4.66. The number of nitrogens with zero attached hydrogens (tertiary/aromatic N) is 3. The summed E-state index contributed by atoms with van der Waals surface area (Å²) in [6, 6.07) is 2.66. The lowest BCUT2D eigenvalue weighted by Crippen LogP contribution is -2.36. The van der Waals surface area contributed by atoms with Gasteiger partial charge >= 0.3 is 0 Å². The first-order valence-corrected chi connectivity index (χ1v) is 6.86.